The van der Waals surface area contributed by atoms with Crippen LogP contribution in [0, 0.1) is 5.82 Å². The van der Waals surface area contributed by atoms with Gasteiger partial charge in [0.05, 0.1) is 33.9 Å². The van der Waals surface area contributed by atoms with E-state index in [-0.39, 0.29) is 21.8 Å². The zero-order valence-electron chi connectivity index (χ0n) is 19.4. The van der Waals surface area contributed by atoms with E-state index in [0.29, 0.717) is 11.1 Å². The van der Waals surface area contributed by atoms with Gasteiger partial charge in [0.1, 0.15) is 11.6 Å². The summed E-state index contributed by atoms with van der Waals surface area (Å²) in [7, 11) is -2.27. The van der Waals surface area contributed by atoms with Crippen LogP contribution >= 0.6 is 11.6 Å². The van der Waals surface area contributed by atoms with Crippen LogP contribution in [-0.4, -0.2) is 49.7 Å². The summed E-state index contributed by atoms with van der Waals surface area (Å²) in [5.74, 6) is 0.250. The third kappa shape index (κ3) is 5.11. The molecular formula is C25H23ClFN5O3S. The Morgan fingerprint density at radius 3 is 2.64 bits per heavy atom. The van der Waals surface area contributed by atoms with Gasteiger partial charge in [0, 0.05) is 32.0 Å². The molecule has 1 fully saturated rings. The van der Waals surface area contributed by atoms with Crippen molar-refractivity contribution in [1.82, 2.24) is 15.0 Å². The quantitative estimate of drug-likeness (QED) is 0.356. The molecule has 1 aliphatic rings. The van der Waals surface area contributed by atoms with Crippen molar-refractivity contribution in [3.05, 3.63) is 71.9 Å². The Balaban J connectivity index is 1.45. The van der Waals surface area contributed by atoms with Crippen LogP contribution in [0.1, 0.15) is 12.8 Å². The summed E-state index contributed by atoms with van der Waals surface area (Å²) in [5, 5.41) is -0.00917. The second-order valence-corrected chi connectivity index (χ2v) is 10.5. The van der Waals surface area contributed by atoms with E-state index in [1.54, 1.807) is 25.6 Å². The second-order valence-electron chi connectivity index (χ2n) is 8.50. The molecule has 1 saturated heterocycles. The first-order valence-electron chi connectivity index (χ1n) is 11.3. The Morgan fingerprint density at radius 1 is 1.06 bits per heavy atom. The molecule has 2 aromatic heterocycles. The number of fused-ring (bicyclic) bond motifs is 1. The van der Waals surface area contributed by atoms with Gasteiger partial charge in [-0.25, -0.2) is 22.8 Å². The van der Waals surface area contributed by atoms with E-state index in [2.05, 4.69) is 19.6 Å². The number of methoxy groups -OCH3 is 1. The number of pyridine rings is 1. The minimum absolute atomic E-state index is 0.00917. The predicted octanol–water partition coefficient (Wildman–Crippen LogP) is 4.90. The molecule has 11 heteroatoms. The lowest BCUT2D eigenvalue weighted by Gasteiger charge is -2.32. The molecule has 36 heavy (non-hydrogen) atoms. The number of anilines is 2. The summed E-state index contributed by atoms with van der Waals surface area (Å²) in [6.45, 7) is 1.65. The van der Waals surface area contributed by atoms with E-state index < -0.39 is 15.8 Å². The van der Waals surface area contributed by atoms with E-state index in [1.165, 1.54) is 12.1 Å². The Hall–Kier alpha value is -3.34. The summed E-state index contributed by atoms with van der Waals surface area (Å²) in [4.78, 5) is 15.6. The molecule has 8 nitrogen and oxygen atoms in total. The first-order chi connectivity index (χ1) is 17.3. The molecule has 0 aliphatic carbocycles. The van der Waals surface area contributed by atoms with Crippen LogP contribution in [0.25, 0.3) is 22.2 Å². The van der Waals surface area contributed by atoms with Crippen molar-refractivity contribution in [2.45, 2.75) is 23.8 Å². The largest absolute Gasteiger partial charge is 0.380 e. The number of nitrogens with zero attached hydrogens (tertiary/aromatic N) is 4. The number of piperidine rings is 1. The smallest absolute Gasteiger partial charge is 0.261 e. The van der Waals surface area contributed by atoms with Gasteiger partial charge >= 0.3 is 0 Å². The molecule has 0 bridgehead atoms. The topological polar surface area (TPSA) is 97.3 Å². The minimum Gasteiger partial charge on any atom is -0.380 e. The molecule has 5 rings (SSSR count). The number of sulfonamides is 1. The number of hydrogen-bond donors (Lipinski definition) is 1. The van der Waals surface area contributed by atoms with Gasteiger partial charge in [0.15, 0.2) is 5.15 Å². The van der Waals surface area contributed by atoms with Gasteiger partial charge in [-0.15, -0.1) is 0 Å². The Labute approximate surface area is 213 Å². The molecule has 1 N–H and O–H groups in total. The zero-order valence-corrected chi connectivity index (χ0v) is 20.9. The molecule has 0 amide bonds. The van der Waals surface area contributed by atoms with Gasteiger partial charge in [-0.2, -0.15) is 0 Å². The number of ether oxygens (including phenoxy) is 1. The van der Waals surface area contributed by atoms with Gasteiger partial charge in [0.2, 0.25) is 0 Å². The average molecular weight is 528 g/mol. The van der Waals surface area contributed by atoms with Gasteiger partial charge in [-0.05, 0) is 60.9 Å². The van der Waals surface area contributed by atoms with Gasteiger partial charge in [-0.3, -0.25) is 9.71 Å². The maximum atomic E-state index is 13.2. The van der Waals surface area contributed by atoms with E-state index in [9.17, 15) is 12.8 Å². The molecule has 1 aliphatic heterocycles. The number of benzene rings is 2. The molecule has 0 radical (unpaired) electrons. The van der Waals surface area contributed by atoms with Crippen LogP contribution in [0.15, 0.2) is 65.8 Å². The molecule has 0 spiro atoms. The highest BCUT2D eigenvalue weighted by Gasteiger charge is 2.21. The van der Waals surface area contributed by atoms with Crippen molar-refractivity contribution in [2.24, 2.45) is 0 Å². The van der Waals surface area contributed by atoms with E-state index in [4.69, 9.17) is 21.3 Å². The fourth-order valence-electron chi connectivity index (χ4n) is 4.17. The lowest BCUT2D eigenvalue weighted by atomic mass is 10.1. The van der Waals surface area contributed by atoms with E-state index >= 15 is 0 Å². The van der Waals surface area contributed by atoms with Crippen molar-refractivity contribution in [3.8, 4) is 11.1 Å². The molecule has 1 atom stereocenters. The maximum Gasteiger partial charge on any atom is 0.261 e. The number of nitrogens with one attached hydrogen (secondary N) is 1. The average Bonchev–Trinajstić information content (AvgIpc) is 2.89. The SMILES string of the molecule is COC1CCCN(c2cnc3ccc(-c4cnc(Cl)c(NS(=O)(=O)c5ccc(F)cc5)c4)cc3n2)C1. The monoisotopic (exact) mass is 527 g/mol. The van der Waals surface area contributed by atoms with Crippen molar-refractivity contribution in [1.29, 1.82) is 0 Å². The fourth-order valence-corrected chi connectivity index (χ4v) is 5.43. The summed E-state index contributed by atoms with van der Waals surface area (Å²) >= 11 is 6.19. The summed E-state index contributed by atoms with van der Waals surface area (Å²) in [6.07, 6.45) is 5.54. The highest BCUT2D eigenvalue weighted by molar-refractivity contribution is 7.92. The minimum atomic E-state index is -3.99. The maximum absolute atomic E-state index is 13.2. The number of rotatable bonds is 6. The molecule has 4 aromatic rings. The van der Waals surface area contributed by atoms with Crippen molar-refractivity contribution in [3.63, 3.8) is 0 Å². The van der Waals surface area contributed by atoms with Crippen LogP contribution < -0.4 is 9.62 Å². The molecule has 186 valence electrons. The Morgan fingerprint density at radius 2 is 1.86 bits per heavy atom. The molecule has 0 saturated carbocycles. The standard InChI is InChI=1S/C25H23ClFN5O3S/c1-35-19-3-2-10-32(15-19)24-14-28-21-9-4-16(11-22(21)30-24)17-12-23(25(26)29-13-17)31-36(33,34)20-7-5-18(27)6-8-20/h4-9,11-14,19,31H,2-3,10,15H2,1H3. The number of hydrogen-bond acceptors (Lipinski definition) is 7. The van der Waals surface area contributed by atoms with E-state index in [0.717, 1.165) is 55.0 Å². The third-order valence-electron chi connectivity index (χ3n) is 6.11. The van der Waals surface area contributed by atoms with Crippen LogP contribution in [0.4, 0.5) is 15.9 Å². The van der Waals surface area contributed by atoms with Crippen molar-refractivity contribution >= 4 is 44.2 Å². The van der Waals surface area contributed by atoms with Crippen LogP contribution in [0.3, 0.4) is 0 Å². The van der Waals surface area contributed by atoms with Crippen LogP contribution in [0.2, 0.25) is 5.15 Å². The number of halogens is 2. The molecule has 3 heterocycles. The van der Waals surface area contributed by atoms with Crippen LogP contribution in [0.5, 0.6) is 0 Å². The Bertz CT molecular complexity index is 1520. The molecule has 1 unspecified atom stereocenters. The van der Waals surface area contributed by atoms with Gasteiger partial charge in [0.25, 0.3) is 10.0 Å². The fraction of sp³-hybridized carbons (Fsp3) is 0.240. The van der Waals surface area contributed by atoms with Crippen LogP contribution in [-0.2, 0) is 14.8 Å². The van der Waals surface area contributed by atoms with Gasteiger partial charge in [-0.1, -0.05) is 17.7 Å². The molecule has 2 aromatic carbocycles. The number of aromatic nitrogens is 3. The first kappa shape index (κ1) is 24.4. The third-order valence-corrected chi connectivity index (χ3v) is 7.79. The van der Waals surface area contributed by atoms with Crippen molar-refractivity contribution in [2.75, 3.05) is 29.8 Å². The first-order valence-corrected chi connectivity index (χ1v) is 13.2. The lowest BCUT2D eigenvalue weighted by Crippen LogP contribution is -2.39. The normalized spacial score (nSPS) is 16.3. The summed E-state index contributed by atoms with van der Waals surface area (Å²) < 4.78 is 46.7. The second kappa shape index (κ2) is 9.96. The highest BCUT2D eigenvalue weighted by Crippen LogP contribution is 2.30. The van der Waals surface area contributed by atoms with Gasteiger partial charge < -0.3 is 9.64 Å². The van der Waals surface area contributed by atoms with E-state index in [1.807, 2.05) is 18.2 Å². The zero-order chi connectivity index (χ0) is 25.3. The summed E-state index contributed by atoms with van der Waals surface area (Å²) in [5.41, 5.74) is 2.96. The Kier molecular flexibility index (Phi) is 6.74. The highest BCUT2D eigenvalue weighted by atomic mass is 35.5. The molecular weight excluding hydrogens is 505 g/mol. The predicted molar refractivity (Wildman–Crippen MR) is 137 cm³/mol. The van der Waals surface area contributed by atoms with Crippen molar-refractivity contribution < 1.29 is 17.5 Å². The summed E-state index contributed by atoms with van der Waals surface area (Å²) in [6, 6.07) is 11.7. The lowest BCUT2D eigenvalue weighted by molar-refractivity contribution is 0.0891.